The van der Waals surface area contributed by atoms with Crippen molar-refractivity contribution < 1.29 is 31.1 Å². The van der Waals surface area contributed by atoms with E-state index in [-0.39, 0.29) is 28.6 Å². The Morgan fingerprint density at radius 1 is 1.03 bits per heavy atom. The van der Waals surface area contributed by atoms with E-state index in [2.05, 4.69) is 5.32 Å². The number of nitrogens with one attached hydrogen (secondary N) is 1. The van der Waals surface area contributed by atoms with E-state index in [1.165, 1.54) is 38.6 Å². The summed E-state index contributed by atoms with van der Waals surface area (Å²) < 4.78 is 80.6. The molecule has 3 aromatic rings. The predicted molar refractivity (Wildman–Crippen MR) is 105 cm³/mol. The number of hydrogen-bond acceptors (Lipinski definition) is 5. The number of benzene rings is 2. The summed E-state index contributed by atoms with van der Waals surface area (Å²) in [6.07, 6.45) is 1.21. The molecule has 3 rings (SSSR count). The third-order valence-electron chi connectivity index (χ3n) is 4.41. The molecule has 6 nitrogen and oxygen atoms in total. The van der Waals surface area contributed by atoms with E-state index in [1.807, 2.05) is 0 Å². The van der Waals surface area contributed by atoms with Gasteiger partial charge in [0.2, 0.25) is 0 Å². The van der Waals surface area contributed by atoms with Crippen LogP contribution < -0.4 is 14.8 Å². The number of ether oxygens (including phenoxy) is 2. The lowest BCUT2D eigenvalue weighted by Gasteiger charge is -2.14. The molecular weight excluding hydrogens is 421 g/mol. The van der Waals surface area contributed by atoms with Gasteiger partial charge in [-0.25, -0.2) is 25.6 Å². The standard InChI is InChI=1S/C20H19F3N2O4S/c1-24-10-12-11-25(30(26,27)15-6-4-5-14(9-15)28-2)19(20(12)29-3)18-16(22)7-13(21)8-17(18)23/h4-9,11,24H,10H2,1-3H3. The van der Waals surface area contributed by atoms with Crippen molar-refractivity contribution >= 4 is 10.0 Å². The first-order valence-corrected chi connectivity index (χ1v) is 10.2. The van der Waals surface area contributed by atoms with Crippen LogP contribution in [-0.4, -0.2) is 33.7 Å². The van der Waals surface area contributed by atoms with Crippen molar-refractivity contribution in [2.24, 2.45) is 0 Å². The van der Waals surface area contributed by atoms with Gasteiger partial charge in [0.05, 0.1) is 24.7 Å². The van der Waals surface area contributed by atoms with E-state index in [4.69, 9.17) is 9.47 Å². The van der Waals surface area contributed by atoms with Crippen LogP contribution in [0.5, 0.6) is 11.5 Å². The minimum absolute atomic E-state index is 0.0553. The molecule has 0 amide bonds. The molecule has 0 aliphatic heterocycles. The van der Waals surface area contributed by atoms with E-state index in [0.717, 1.165) is 3.97 Å². The average molecular weight is 440 g/mol. The van der Waals surface area contributed by atoms with E-state index in [1.54, 1.807) is 13.1 Å². The van der Waals surface area contributed by atoms with Crippen molar-refractivity contribution in [2.75, 3.05) is 21.3 Å². The Balaban J connectivity index is 2.38. The highest BCUT2D eigenvalue weighted by Crippen LogP contribution is 2.40. The lowest BCUT2D eigenvalue weighted by atomic mass is 10.1. The van der Waals surface area contributed by atoms with Gasteiger partial charge < -0.3 is 14.8 Å². The largest absolute Gasteiger partial charge is 0.497 e. The Kier molecular flexibility index (Phi) is 6.09. The molecule has 10 heteroatoms. The maximum atomic E-state index is 14.6. The third kappa shape index (κ3) is 3.75. The SMILES string of the molecule is CNCc1cn(S(=O)(=O)c2cccc(OC)c2)c(-c2c(F)cc(F)cc2F)c1OC. The minimum Gasteiger partial charge on any atom is -0.497 e. The van der Waals surface area contributed by atoms with Crippen LogP contribution in [0.2, 0.25) is 0 Å². The molecular formula is C20H19F3N2O4S. The van der Waals surface area contributed by atoms with Gasteiger partial charge in [0.1, 0.15) is 34.6 Å². The zero-order chi connectivity index (χ0) is 22.1. The fourth-order valence-electron chi connectivity index (χ4n) is 3.12. The van der Waals surface area contributed by atoms with Gasteiger partial charge in [0.15, 0.2) is 0 Å². The highest BCUT2D eigenvalue weighted by atomic mass is 32.2. The van der Waals surface area contributed by atoms with Gasteiger partial charge in [0.25, 0.3) is 10.0 Å². The molecule has 0 saturated heterocycles. The van der Waals surface area contributed by atoms with Crippen molar-refractivity contribution in [3.8, 4) is 22.8 Å². The molecule has 0 aliphatic carbocycles. The molecule has 0 bridgehead atoms. The van der Waals surface area contributed by atoms with Crippen molar-refractivity contribution in [2.45, 2.75) is 11.4 Å². The highest BCUT2D eigenvalue weighted by Gasteiger charge is 2.30. The summed E-state index contributed by atoms with van der Waals surface area (Å²) in [5, 5.41) is 2.84. The summed E-state index contributed by atoms with van der Waals surface area (Å²) in [5.41, 5.74) is -0.771. The smallest absolute Gasteiger partial charge is 0.268 e. The highest BCUT2D eigenvalue weighted by molar-refractivity contribution is 7.90. The fraction of sp³-hybridized carbons (Fsp3) is 0.200. The van der Waals surface area contributed by atoms with Crippen LogP contribution in [0.3, 0.4) is 0 Å². The number of rotatable bonds is 7. The second-order valence-electron chi connectivity index (χ2n) is 6.29. The van der Waals surface area contributed by atoms with Crippen LogP contribution >= 0.6 is 0 Å². The summed E-state index contributed by atoms with van der Waals surface area (Å²) in [6, 6.07) is 6.59. The molecule has 1 N–H and O–H groups in total. The summed E-state index contributed by atoms with van der Waals surface area (Å²) in [7, 11) is -0.0762. The van der Waals surface area contributed by atoms with Gasteiger partial charge in [-0.3, -0.25) is 0 Å². The molecule has 0 spiro atoms. The second-order valence-corrected chi connectivity index (χ2v) is 8.11. The number of halogens is 3. The molecule has 0 saturated carbocycles. The van der Waals surface area contributed by atoms with Gasteiger partial charge >= 0.3 is 0 Å². The Morgan fingerprint density at radius 2 is 1.70 bits per heavy atom. The zero-order valence-electron chi connectivity index (χ0n) is 16.4. The normalized spacial score (nSPS) is 11.5. The van der Waals surface area contributed by atoms with E-state index >= 15 is 0 Å². The van der Waals surface area contributed by atoms with Crippen molar-refractivity contribution in [1.82, 2.24) is 9.29 Å². The lowest BCUT2D eigenvalue weighted by Crippen LogP contribution is -2.14. The summed E-state index contributed by atoms with van der Waals surface area (Å²) >= 11 is 0. The first-order chi connectivity index (χ1) is 14.2. The van der Waals surface area contributed by atoms with E-state index in [9.17, 15) is 21.6 Å². The minimum atomic E-state index is -4.32. The van der Waals surface area contributed by atoms with Crippen LogP contribution in [0, 0.1) is 17.5 Å². The Hall–Kier alpha value is -2.98. The third-order valence-corrected chi connectivity index (χ3v) is 6.07. The average Bonchev–Trinajstić information content (AvgIpc) is 3.06. The molecule has 0 fully saturated rings. The summed E-state index contributed by atoms with van der Waals surface area (Å²) in [5.74, 6) is -3.42. The lowest BCUT2D eigenvalue weighted by molar-refractivity contribution is 0.410. The Bertz CT molecular complexity index is 1170. The number of nitrogens with zero attached hydrogens (tertiary/aromatic N) is 1. The molecule has 0 aliphatic rings. The maximum absolute atomic E-state index is 14.6. The van der Waals surface area contributed by atoms with Gasteiger partial charge in [0, 0.05) is 36.5 Å². The number of hydrogen-bond donors (Lipinski definition) is 1. The molecule has 0 atom stereocenters. The van der Waals surface area contributed by atoms with Crippen LogP contribution in [-0.2, 0) is 16.6 Å². The van der Waals surface area contributed by atoms with Gasteiger partial charge in [-0.05, 0) is 19.2 Å². The Labute approximate surface area is 171 Å². The van der Waals surface area contributed by atoms with Crippen molar-refractivity contribution in [1.29, 1.82) is 0 Å². The monoisotopic (exact) mass is 440 g/mol. The molecule has 0 unspecified atom stereocenters. The first kappa shape index (κ1) is 21.7. The topological polar surface area (TPSA) is 69.6 Å². The van der Waals surface area contributed by atoms with Gasteiger partial charge in [-0.2, -0.15) is 0 Å². The molecule has 30 heavy (non-hydrogen) atoms. The number of aromatic nitrogens is 1. The van der Waals surface area contributed by atoms with Crippen LogP contribution in [0.4, 0.5) is 13.2 Å². The Morgan fingerprint density at radius 3 is 2.27 bits per heavy atom. The molecule has 1 heterocycles. The molecule has 2 aromatic carbocycles. The maximum Gasteiger partial charge on any atom is 0.268 e. The number of methoxy groups -OCH3 is 2. The predicted octanol–water partition coefficient (Wildman–Crippen LogP) is 3.55. The van der Waals surface area contributed by atoms with Gasteiger partial charge in [-0.15, -0.1) is 0 Å². The molecule has 160 valence electrons. The van der Waals surface area contributed by atoms with Crippen molar-refractivity contribution in [3.63, 3.8) is 0 Å². The fourth-order valence-corrected chi connectivity index (χ4v) is 4.54. The molecule has 1 aromatic heterocycles. The first-order valence-electron chi connectivity index (χ1n) is 8.72. The summed E-state index contributed by atoms with van der Waals surface area (Å²) in [4.78, 5) is -0.167. The van der Waals surface area contributed by atoms with E-state index < -0.39 is 33.0 Å². The zero-order valence-corrected chi connectivity index (χ0v) is 17.2. The van der Waals surface area contributed by atoms with Crippen LogP contribution in [0.15, 0.2) is 47.5 Å². The quantitative estimate of drug-likeness (QED) is 0.609. The van der Waals surface area contributed by atoms with Crippen LogP contribution in [0.25, 0.3) is 11.3 Å². The van der Waals surface area contributed by atoms with Gasteiger partial charge in [-0.1, -0.05) is 6.07 Å². The van der Waals surface area contributed by atoms with Crippen LogP contribution in [0.1, 0.15) is 5.56 Å². The second kappa shape index (κ2) is 8.41. The van der Waals surface area contributed by atoms with E-state index in [0.29, 0.717) is 17.7 Å². The van der Waals surface area contributed by atoms with Crippen molar-refractivity contribution in [3.05, 3.63) is 65.6 Å². The molecule has 0 radical (unpaired) electrons. The summed E-state index contributed by atoms with van der Waals surface area (Å²) in [6.45, 7) is 0.154.